The fraction of sp³-hybridized carbons (Fsp3) is 0. The zero-order valence-corrected chi connectivity index (χ0v) is 17.3. The number of rotatable bonds is 0. The summed E-state index contributed by atoms with van der Waals surface area (Å²) in [6.45, 7) is 0. The van der Waals surface area contributed by atoms with E-state index in [0.717, 1.165) is 0 Å². The molecule has 6 nitrogen and oxygen atoms in total. The summed E-state index contributed by atoms with van der Waals surface area (Å²) < 4.78 is 0. The van der Waals surface area contributed by atoms with Crippen molar-refractivity contribution in [2.75, 3.05) is 0 Å². The average molecular weight is 499 g/mol. The monoisotopic (exact) mass is 500 g/mol. The molecule has 0 bridgehead atoms. The molecule has 0 aromatic heterocycles. The predicted molar refractivity (Wildman–Crippen MR) is 17.3 cm³/mol. The molecule has 0 atom stereocenters. The first-order chi connectivity index (χ1) is 3.46. The Morgan fingerprint density at radius 3 is 0.636 bits per heavy atom. The second-order valence-electron chi connectivity index (χ2n) is 0.577. The minimum Gasteiger partial charge on any atom is -0.907 e. The minimum absolute atomic E-state index is 0. The van der Waals surface area contributed by atoms with E-state index in [-0.39, 0.29) is 118 Å². The SMILES string of the molecule is [O-]B([O-])[O-].[O-]B([O-])[O-].[Pb+2].[Rb+].[Y+3]. The van der Waals surface area contributed by atoms with Crippen molar-refractivity contribution in [3.05, 3.63) is 0 Å². The van der Waals surface area contributed by atoms with Gasteiger partial charge in [-0.3, -0.25) is 14.6 Å². The van der Waals surface area contributed by atoms with Crippen molar-refractivity contribution in [3.8, 4) is 0 Å². The molecule has 0 heterocycles. The molecule has 11 heavy (non-hydrogen) atoms. The van der Waals surface area contributed by atoms with Crippen molar-refractivity contribution in [2.45, 2.75) is 0 Å². The van der Waals surface area contributed by atoms with E-state index in [1.807, 2.05) is 0 Å². The maximum atomic E-state index is 8.42. The first-order valence-corrected chi connectivity index (χ1v) is 1.41. The van der Waals surface area contributed by atoms with Gasteiger partial charge in [-0.25, -0.2) is 0 Å². The van der Waals surface area contributed by atoms with Crippen LogP contribution in [0.3, 0.4) is 0 Å². The Hall–Kier alpha value is 3.72. The van der Waals surface area contributed by atoms with Gasteiger partial charge in [0.25, 0.3) is 0 Å². The van der Waals surface area contributed by atoms with E-state index in [2.05, 4.69) is 0 Å². The third kappa shape index (κ3) is 136. The number of hydrogen-bond donors (Lipinski definition) is 0. The van der Waals surface area contributed by atoms with Crippen LogP contribution in [0.15, 0.2) is 0 Å². The summed E-state index contributed by atoms with van der Waals surface area (Å²) in [5, 5.41) is 50.5. The summed E-state index contributed by atoms with van der Waals surface area (Å²) in [6.07, 6.45) is 0. The molecule has 50 valence electrons. The second kappa shape index (κ2) is 23.5. The van der Waals surface area contributed by atoms with Crippen LogP contribution in [-0.4, -0.2) is 41.9 Å². The van der Waals surface area contributed by atoms with E-state index < -0.39 is 14.6 Å². The predicted octanol–water partition coefficient (Wildman–Crippen LogP) is -11.3. The van der Waals surface area contributed by atoms with E-state index in [1.165, 1.54) is 0 Å². The Labute approximate surface area is 159 Å². The van der Waals surface area contributed by atoms with Crippen molar-refractivity contribution in [2.24, 2.45) is 0 Å². The molecule has 0 N–H and O–H groups in total. The molecule has 0 rings (SSSR count). The minimum atomic E-state index is -2.92. The molecule has 0 aliphatic rings. The van der Waals surface area contributed by atoms with Crippen molar-refractivity contribution in [1.29, 1.82) is 0 Å². The fourth-order valence-corrected chi connectivity index (χ4v) is 0. The van der Waals surface area contributed by atoms with Gasteiger partial charge in [-0.05, 0) is 0 Å². The molecule has 0 spiro atoms. The summed E-state index contributed by atoms with van der Waals surface area (Å²) in [4.78, 5) is 0. The topological polar surface area (TPSA) is 138 Å². The van der Waals surface area contributed by atoms with Crippen LogP contribution in [-0.2, 0) is 32.7 Å². The Balaban J connectivity index is -0.0000000171. The molecule has 0 unspecified atom stereocenters. The molecule has 11 heteroatoms. The zero-order chi connectivity index (χ0) is 7.15. The van der Waals surface area contributed by atoms with E-state index in [9.17, 15) is 0 Å². The molecule has 0 aromatic rings. The van der Waals surface area contributed by atoms with Gasteiger partial charge in [-0.1, -0.05) is 0 Å². The van der Waals surface area contributed by atoms with Gasteiger partial charge in [0.15, 0.2) is 0 Å². The van der Waals surface area contributed by atoms with Gasteiger partial charge < -0.3 is 30.1 Å². The normalized spacial score (nSPS) is 4.91. The van der Waals surface area contributed by atoms with Gasteiger partial charge in [0, 0.05) is 0 Å². The maximum Gasteiger partial charge on any atom is 3.00 e. The van der Waals surface area contributed by atoms with E-state index in [0.29, 0.717) is 0 Å². The summed E-state index contributed by atoms with van der Waals surface area (Å²) in [5.41, 5.74) is 0. The van der Waals surface area contributed by atoms with Gasteiger partial charge in [0.1, 0.15) is 0 Å². The zero-order valence-electron chi connectivity index (χ0n) is 5.68. The van der Waals surface area contributed by atoms with Crippen molar-refractivity contribution >= 4 is 41.9 Å². The largest absolute Gasteiger partial charge is 3.00 e. The molecule has 0 amide bonds. The van der Waals surface area contributed by atoms with Gasteiger partial charge >= 0.3 is 118 Å². The fourth-order valence-electron chi connectivity index (χ4n) is 0. The first-order valence-electron chi connectivity index (χ1n) is 1.41. The van der Waals surface area contributed by atoms with Crippen molar-refractivity contribution < 1.29 is 121 Å². The van der Waals surface area contributed by atoms with Gasteiger partial charge in [0.2, 0.25) is 0 Å². The van der Waals surface area contributed by atoms with Crippen LogP contribution < -0.4 is 88.3 Å². The van der Waals surface area contributed by atoms with Crippen LogP contribution in [0.4, 0.5) is 0 Å². The van der Waals surface area contributed by atoms with Crippen LogP contribution in [0, 0.1) is 0 Å². The van der Waals surface area contributed by atoms with E-state index in [1.54, 1.807) is 0 Å². The molecule has 0 saturated carbocycles. The third-order valence-electron chi connectivity index (χ3n) is 0. The van der Waals surface area contributed by atoms with E-state index >= 15 is 0 Å². The van der Waals surface area contributed by atoms with Gasteiger partial charge in [-0.15, -0.1) is 0 Å². The molecule has 0 aromatic carbocycles. The van der Waals surface area contributed by atoms with Crippen LogP contribution in [0.5, 0.6) is 0 Å². The molecule has 0 aliphatic carbocycles. The molecule has 0 saturated heterocycles. The van der Waals surface area contributed by atoms with Crippen molar-refractivity contribution in [1.82, 2.24) is 0 Å². The van der Waals surface area contributed by atoms with E-state index in [4.69, 9.17) is 30.1 Å². The molecule has 2 radical (unpaired) electrons. The molecular weight excluding hydrogens is 499 g/mol. The second-order valence-corrected chi connectivity index (χ2v) is 0.577. The van der Waals surface area contributed by atoms with Crippen LogP contribution >= 0.6 is 0 Å². The summed E-state index contributed by atoms with van der Waals surface area (Å²) in [6, 6.07) is 0. The number of hydrogen-bond acceptors (Lipinski definition) is 6. The Kier molecular flexibility index (Phi) is 62.6. The Morgan fingerprint density at radius 1 is 0.636 bits per heavy atom. The molecular formula is B2O6PbRbY. The average Bonchev–Trinajstić information content (AvgIpc) is 1.25. The molecule has 0 fully saturated rings. The smallest absolute Gasteiger partial charge is 0.907 e. The summed E-state index contributed by atoms with van der Waals surface area (Å²) >= 11 is 0. The first kappa shape index (κ1) is 29.3. The van der Waals surface area contributed by atoms with Gasteiger partial charge in [-0.2, -0.15) is 0 Å². The van der Waals surface area contributed by atoms with Crippen LogP contribution in [0.25, 0.3) is 0 Å². The Bertz CT molecular complexity index is 36.1. The standard InChI is InChI=1S/2BO3.Pb.Rb.Y/c2*2-1(3)4;;;/q2*-3;+2;+1;+3. The Morgan fingerprint density at radius 2 is 0.636 bits per heavy atom. The van der Waals surface area contributed by atoms with Crippen LogP contribution in [0.1, 0.15) is 0 Å². The third-order valence-corrected chi connectivity index (χ3v) is 0. The summed E-state index contributed by atoms with van der Waals surface area (Å²) in [7, 11) is -5.83. The van der Waals surface area contributed by atoms with Crippen molar-refractivity contribution in [3.63, 3.8) is 0 Å². The maximum absolute atomic E-state index is 8.42. The quantitative estimate of drug-likeness (QED) is 0.304. The van der Waals surface area contributed by atoms with Crippen LogP contribution in [0.2, 0.25) is 0 Å². The summed E-state index contributed by atoms with van der Waals surface area (Å²) in [5.74, 6) is 0. The molecule has 0 aliphatic heterocycles. The van der Waals surface area contributed by atoms with Gasteiger partial charge in [0.05, 0.1) is 0 Å².